The molecule has 1 aromatic heterocycles. The Morgan fingerprint density at radius 2 is 2.19 bits per heavy atom. The first-order chi connectivity index (χ1) is 7.39. The van der Waals surface area contributed by atoms with Crippen LogP contribution in [0.15, 0.2) is 6.20 Å². The van der Waals surface area contributed by atoms with Crippen molar-refractivity contribution < 1.29 is 17.9 Å². The smallest absolute Gasteiger partial charge is 0.390 e. The predicted molar refractivity (Wildman–Crippen MR) is 52.2 cm³/mol. The Morgan fingerprint density at radius 3 is 2.62 bits per heavy atom. The van der Waals surface area contributed by atoms with Gasteiger partial charge in [0, 0.05) is 7.05 Å². The fourth-order valence-corrected chi connectivity index (χ4v) is 1.55. The van der Waals surface area contributed by atoms with Crippen LogP contribution in [0.25, 0.3) is 0 Å². The first-order valence-electron chi connectivity index (χ1n) is 4.69. The molecule has 0 radical (unpaired) electrons. The third-order valence-corrected chi connectivity index (χ3v) is 2.28. The highest BCUT2D eigenvalue weighted by Crippen LogP contribution is 2.33. The quantitative estimate of drug-likeness (QED) is 0.865. The molecule has 1 N–H and O–H groups in total. The third kappa shape index (κ3) is 2.88. The Morgan fingerprint density at radius 1 is 1.56 bits per heavy atom. The summed E-state index contributed by atoms with van der Waals surface area (Å²) in [4.78, 5) is 0. The zero-order chi connectivity index (χ0) is 12.3. The monoisotopic (exact) mass is 237 g/mol. The van der Waals surface area contributed by atoms with Crippen LogP contribution in [0.5, 0.6) is 5.75 Å². The summed E-state index contributed by atoms with van der Waals surface area (Å²) in [5, 5.41) is 6.49. The van der Waals surface area contributed by atoms with E-state index in [1.807, 2.05) is 0 Å². The van der Waals surface area contributed by atoms with Crippen LogP contribution in [-0.2, 0) is 7.05 Å². The maximum atomic E-state index is 12.3. The van der Waals surface area contributed by atoms with E-state index in [2.05, 4.69) is 10.4 Å². The van der Waals surface area contributed by atoms with Gasteiger partial charge in [0.25, 0.3) is 0 Å². The molecule has 0 saturated carbocycles. The van der Waals surface area contributed by atoms with Crippen molar-refractivity contribution in [2.45, 2.75) is 18.6 Å². The number of aryl methyl sites for hydroxylation is 1. The second kappa shape index (κ2) is 4.73. The number of ether oxygens (including phenoxy) is 1. The minimum atomic E-state index is -4.23. The Labute approximate surface area is 91.4 Å². The van der Waals surface area contributed by atoms with Crippen LogP contribution in [0.1, 0.15) is 18.2 Å². The SMILES string of the molecule is CNC(CC(F)(F)F)c1c(OC)cnn1C. The standard InChI is InChI=1S/C9H14F3N3O/c1-13-6(4-9(10,11)12)8-7(16-3)5-14-15(8)2/h5-6,13H,4H2,1-3H3. The van der Waals surface area contributed by atoms with Crippen molar-refractivity contribution in [3.8, 4) is 5.75 Å². The number of hydrogen-bond acceptors (Lipinski definition) is 3. The molecule has 1 unspecified atom stereocenters. The van der Waals surface area contributed by atoms with Gasteiger partial charge in [0.15, 0.2) is 5.75 Å². The number of methoxy groups -OCH3 is 1. The van der Waals surface area contributed by atoms with Crippen LogP contribution >= 0.6 is 0 Å². The minimum absolute atomic E-state index is 0.353. The molecule has 0 aliphatic heterocycles. The van der Waals surface area contributed by atoms with E-state index < -0.39 is 18.6 Å². The van der Waals surface area contributed by atoms with Crippen molar-refractivity contribution >= 4 is 0 Å². The number of alkyl halides is 3. The van der Waals surface area contributed by atoms with Gasteiger partial charge in [-0.3, -0.25) is 4.68 Å². The van der Waals surface area contributed by atoms with Crippen LogP contribution < -0.4 is 10.1 Å². The average Bonchev–Trinajstić information content (AvgIpc) is 2.54. The zero-order valence-electron chi connectivity index (χ0n) is 9.30. The summed E-state index contributed by atoms with van der Waals surface area (Å²) in [6.45, 7) is 0. The Balaban J connectivity index is 2.98. The lowest BCUT2D eigenvalue weighted by atomic mass is 10.1. The van der Waals surface area contributed by atoms with Gasteiger partial charge in [-0.15, -0.1) is 0 Å². The van der Waals surface area contributed by atoms with Crippen LogP contribution in [0.2, 0.25) is 0 Å². The van der Waals surface area contributed by atoms with Crippen molar-refractivity contribution in [1.29, 1.82) is 0 Å². The molecule has 1 heterocycles. The normalized spacial score (nSPS) is 13.9. The third-order valence-electron chi connectivity index (χ3n) is 2.28. The number of nitrogens with zero attached hydrogens (tertiary/aromatic N) is 2. The van der Waals surface area contributed by atoms with Gasteiger partial charge in [-0.2, -0.15) is 18.3 Å². The molecule has 1 atom stereocenters. The molecule has 0 bridgehead atoms. The van der Waals surface area contributed by atoms with Crippen LogP contribution in [-0.4, -0.2) is 30.1 Å². The highest BCUT2D eigenvalue weighted by Gasteiger charge is 2.34. The van der Waals surface area contributed by atoms with Crippen molar-refractivity contribution in [3.05, 3.63) is 11.9 Å². The lowest BCUT2D eigenvalue weighted by molar-refractivity contribution is -0.140. The van der Waals surface area contributed by atoms with E-state index in [1.165, 1.54) is 25.0 Å². The van der Waals surface area contributed by atoms with E-state index in [9.17, 15) is 13.2 Å². The van der Waals surface area contributed by atoms with Crippen LogP contribution in [0.3, 0.4) is 0 Å². The molecule has 0 aliphatic carbocycles. The fourth-order valence-electron chi connectivity index (χ4n) is 1.55. The molecule has 0 amide bonds. The first kappa shape index (κ1) is 12.8. The van der Waals surface area contributed by atoms with E-state index >= 15 is 0 Å². The second-order valence-corrected chi connectivity index (χ2v) is 3.38. The van der Waals surface area contributed by atoms with Gasteiger partial charge >= 0.3 is 6.18 Å². The molecule has 1 aromatic rings. The van der Waals surface area contributed by atoms with Crippen molar-refractivity contribution in [1.82, 2.24) is 15.1 Å². The van der Waals surface area contributed by atoms with Gasteiger partial charge < -0.3 is 10.1 Å². The van der Waals surface area contributed by atoms with Gasteiger partial charge in [-0.05, 0) is 7.05 Å². The summed E-state index contributed by atoms with van der Waals surface area (Å²) in [7, 11) is 4.46. The Bertz CT molecular complexity index is 348. The molecule has 0 fully saturated rings. The summed E-state index contributed by atoms with van der Waals surface area (Å²) in [6.07, 6.45) is -3.79. The van der Waals surface area contributed by atoms with Gasteiger partial charge in [0.05, 0.1) is 31.5 Å². The topological polar surface area (TPSA) is 39.1 Å². The lowest BCUT2D eigenvalue weighted by Gasteiger charge is -2.19. The maximum absolute atomic E-state index is 12.3. The number of halogens is 3. The number of rotatable bonds is 4. The summed E-state index contributed by atoms with van der Waals surface area (Å²) in [5.74, 6) is 0.353. The van der Waals surface area contributed by atoms with Gasteiger partial charge in [-0.1, -0.05) is 0 Å². The van der Waals surface area contributed by atoms with E-state index in [4.69, 9.17) is 4.74 Å². The molecule has 0 aliphatic rings. The van der Waals surface area contributed by atoms with Crippen molar-refractivity contribution in [2.24, 2.45) is 7.05 Å². The van der Waals surface area contributed by atoms with Gasteiger partial charge in [-0.25, -0.2) is 0 Å². The first-order valence-corrected chi connectivity index (χ1v) is 4.69. The summed E-state index contributed by atoms with van der Waals surface area (Å²) in [5.41, 5.74) is 0.391. The second-order valence-electron chi connectivity index (χ2n) is 3.38. The molecular formula is C9H14F3N3O. The Hall–Kier alpha value is -1.24. The largest absolute Gasteiger partial charge is 0.493 e. The highest BCUT2D eigenvalue weighted by atomic mass is 19.4. The summed E-state index contributed by atoms with van der Waals surface area (Å²) >= 11 is 0. The lowest BCUT2D eigenvalue weighted by Crippen LogP contribution is -2.26. The number of aromatic nitrogens is 2. The average molecular weight is 237 g/mol. The molecular weight excluding hydrogens is 223 g/mol. The van der Waals surface area contributed by atoms with Crippen LogP contribution in [0.4, 0.5) is 13.2 Å². The highest BCUT2D eigenvalue weighted by molar-refractivity contribution is 5.28. The van der Waals surface area contributed by atoms with E-state index in [0.717, 1.165) is 0 Å². The van der Waals surface area contributed by atoms with E-state index in [0.29, 0.717) is 11.4 Å². The van der Waals surface area contributed by atoms with Gasteiger partial charge in [0.1, 0.15) is 0 Å². The molecule has 0 saturated heterocycles. The minimum Gasteiger partial charge on any atom is -0.493 e. The maximum Gasteiger partial charge on any atom is 0.390 e. The Kier molecular flexibility index (Phi) is 3.79. The fraction of sp³-hybridized carbons (Fsp3) is 0.667. The summed E-state index contributed by atoms with van der Waals surface area (Å²) < 4.78 is 43.4. The van der Waals surface area contributed by atoms with Crippen molar-refractivity contribution in [3.63, 3.8) is 0 Å². The molecule has 0 spiro atoms. The van der Waals surface area contributed by atoms with E-state index in [-0.39, 0.29) is 0 Å². The molecule has 4 nitrogen and oxygen atoms in total. The zero-order valence-corrected chi connectivity index (χ0v) is 9.30. The van der Waals surface area contributed by atoms with Crippen LogP contribution in [0, 0.1) is 0 Å². The van der Waals surface area contributed by atoms with Crippen molar-refractivity contribution in [2.75, 3.05) is 14.2 Å². The predicted octanol–water partition coefficient (Wildman–Crippen LogP) is 1.64. The van der Waals surface area contributed by atoms with Gasteiger partial charge in [0.2, 0.25) is 0 Å². The molecule has 92 valence electrons. The molecule has 0 aromatic carbocycles. The number of nitrogens with one attached hydrogen (secondary N) is 1. The molecule has 7 heteroatoms. The number of hydrogen-bond donors (Lipinski definition) is 1. The summed E-state index contributed by atoms with van der Waals surface area (Å²) in [6, 6.07) is -0.859. The van der Waals surface area contributed by atoms with E-state index in [1.54, 1.807) is 7.05 Å². The molecule has 1 rings (SSSR count). The molecule has 16 heavy (non-hydrogen) atoms.